The van der Waals surface area contributed by atoms with E-state index in [1.807, 2.05) is 24.3 Å². The SMILES string of the molecule is O=C(COC(=O)Cc1ccc(Cl)cc1)NCc1ccccc1Br. The van der Waals surface area contributed by atoms with Crippen LogP contribution in [0, 0.1) is 0 Å². The van der Waals surface area contributed by atoms with Crippen LogP contribution in [0.25, 0.3) is 0 Å². The normalized spacial score (nSPS) is 10.2. The lowest BCUT2D eigenvalue weighted by molar-refractivity contribution is -0.147. The number of carbonyl (C=O) groups excluding carboxylic acids is 2. The van der Waals surface area contributed by atoms with E-state index >= 15 is 0 Å². The maximum absolute atomic E-state index is 11.7. The number of amides is 1. The fraction of sp³-hybridized carbons (Fsp3) is 0.176. The minimum Gasteiger partial charge on any atom is -0.455 e. The first kappa shape index (κ1) is 17.5. The number of hydrogen-bond acceptors (Lipinski definition) is 3. The molecule has 23 heavy (non-hydrogen) atoms. The molecule has 0 aliphatic carbocycles. The van der Waals surface area contributed by atoms with Crippen LogP contribution in [0.5, 0.6) is 0 Å². The quantitative estimate of drug-likeness (QED) is 0.760. The minimum absolute atomic E-state index is 0.106. The lowest BCUT2D eigenvalue weighted by atomic mass is 10.1. The topological polar surface area (TPSA) is 55.4 Å². The van der Waals surface area contributed by atoms with Gasteiger partial charge in [0.25, 0.3) is 5.91 Å². The van der Waals surface area contributed by atoms with Crippen LogP contribution < -0.4 is 5.32 Å². The Bertz CT molecular complexity index is 688. The average Bonchev–Trinajstić information content (AvgIpc) is 2.54. The molecule has 6 heteroatoms. The van der Waals surface area contributed by atoms with Crippen LogP contribution in [-0.2, 0) is 27.3 Å². The number of benzene rings is 2. The Morgan fingerprint density at radius 3 is 2.48 bits per heavy atom. The monoisotopic (exact) mass is 395 g/mol. The molecule has 0 radical (unpaired) electrons. The molecule has 0 unspecified atom stereocenters. The summed E-state index contributed by atoms with van der Waals surface area (Å²) < 4.78 is 5.88. The van der Waals surface area contributed by atoms with Gasteiger partial charge >= 0.3 is 5.97 Å². The van der Waals surface area contributed by atoms with Crippen molar-refractivity contribution in [1.82, 2.24) is 5.32 Å². The van der Waals surface area contributed by atoms with Gasteiger partial charge in [0.1, 0.15) is 0 Å². The molecule has 0 spiro atoms. The van der Waals surface area contributed by atoms with Crippen molar-refractivity contribution in [3.63, 3.8) is 0 Å². The molecule has 1 N–H and O–H groups in total. The van der Waals surface area contributed by atoms with Crippen LogP contribution >= 0.6 is 27.5 Å². The Balaban J connectivity index is 1.72. The van der Waals surface area contributed by atoms with E-state index < -0.39 is 5.97 Å². The van der Waals surface area contributed by atoms with Crippen molar-refractivity contribution < 1.29 is 14.3 Å². The highest BCUT2D eigenvalue weighted by atomic mass is 79.9. The molecule has 2 aromatic carbocycles. The van der Waals surface area contributed by atoms with Crippen LogP contribution in [0.3, 0.4) is 0 Å². The largest absolute Gasteiger partial charge is 0.455 e. The zero-order valence-corrected chi connectivity index (χ0v) is 14.6. The zero-order valence-electron chi connectivity index (χ0n) is 12.2. The fourth-order valence-corrected chi connectivity index (χ4v) is 2.40. The summed E-state index contributed by atoms with van der Waals surface area (Å²) in [5.74, 6) is -0.798. The average molecular weight is 397 g/mol. The van der Waals surface area contributed by atoms with Crippen molar-refractivity contribution in [2.75, 3.05) is 6.61 Å². The van der Waals surface area contributed by atoms with Crippen LogP contribution in [-0.4, -0.2) is 18.5 Å². The highest BCUT2D eigenvalue weighted by Crippen LogP contribution is 2.15. The molecule has 0 saturated carbocycles. The van der Waals surface area contributed by atoms with Crippen molar-refractivity contribution >= 4 is 39.4 Å². The van der Waals surface area contributed by atoms with Gasteiger partial charge in [-0.2, -0.15) is 0 Å². The smallest absolute Gasteiger partial charge is 0.310 e. The Morgan fingerprint density at radius 1 is 1.09 bits per heavy atom. The molecule has 0 aliphatic rings. The summed E-state index contributed by atoms with van der Waals surface area (Å²) in [7, 11) is 0. The van der Waals surface area contributed by atoms with E-state index in [4.69, 9.17) is 16.3 Å². The Hall–Kier alpha value is -1.85. The van der Waals surface area contributed by atoms with Crippen molar-refractivity contribution in [1.29, 1.82) is 0 Å². The van der Waals surface area contributed by atoms with Gasteiger partial charge in [-0.25, -0.2) is 0 Å². The minimum atomic E-state index is -0.455. The number of ether oxygens (including phenoxy) is 1. The van der Waals surface area contributed by atoms with Gasteiger partial charge in [0.05, 0.1) is 6.42 Å². The van der Waals surface area contributed by atoms with Crippen LogP contribution in [0.2, 0.25) is 5.02 Å². The molecular weight excluding hydrogens is 382 g/mol. The number of rotatable bonds is 6. The third-order valence-electron chi connectivity index (χ3n) is 3.06. The van der Waals surface area contributed by atoms with E-state index in [0.29, 0.717) is 11.6 Å². The van der Waals surface area contributed by atoms with E-state index in [1.54, 1.807) is 24.3 Å². The maximum Gasteiger partial charge on any atom is 0.310 e. The molecular formula is C17H15BrClNO3. The molecule has 0 atom stereocenters. The standard InChI is InChI=1S/C17H15BrClNO3/c18-15-4-2-1-3-13(15)10-20-16(21)11-23-17(22)9-12-5-7-14(19)8-6-12/h1-8H,9-11H2,(H,20,21). The molecule has 2 rings (SSSR count). The van der Waals surface area contributed by atoms with Gasteiger partial charge in [0, 0.05) is 16.0 Å². The first-order valence-corrected chi connectivity index (χ1v) is 8.12. The second-order valence-electron chi connectivity index (χ2n) is 4.83. The molecule has 0 heterocycles. The molecule has 0 aliphatic heterocycles. The second kappa shape index (κ2) is 8.70. The predicted octanol–water partition coefficient (Wildman–Crippen LogP) is 3.50. The highest BCUT2D eigenvalue weighted by Gasteiger charge is 2.09. The summed E-state index contributed by atoms with van der Waals surface area (Å²) >= 11 is 9.18. The van der Waals surface area contributed by atoms with E-state index in [2.05, 4.69) is 21.2 Å². The molecule has 0 aromatic heterocycles. The molecule has 4 nitrogen and oxygen atoms in total. The van der Waals surface area contributed by atoms with Crippen LogP contribution in [0.4, 0.5) is 0 Å². The summed E-state index contributed by atoms with van der Waals surface area (Å²) in [6, 6.07) is 14.5. The summed E-state index contributed by atoms with van der Waals surface area (Å²) in [6.45, 7) is 0.0753. The first-order chi connectivity index (χ1) is 11.0. The molecule has 1 amide bonds. The van der Waals surface area contributed by atoms with Gasteiger partial charge in [-0.15, -0.1) is 0 Å². The van der Waals surface area contributed by atoms with E-state index in [-0.39, 0.29) is 18.9 Å². The van der Waals surface area contributed by atoms with E-state index in [1.165, 1.54) is 0 Å². The summed E-state index contributed by atoms with van der Waals surface area (Å²) in [6.07, 6.45) is 0.106. The Labute approximate surface area is 147 Å². The van der Waals surface area contributed by atoms with Crippen molar-refractivity contribution in [3.05, 3.63) is 69.2 Å². The molecule has 0 bridgehead atoms. The number of carbonyl (C=O) groups is 2. The number of halogens is 2. The number of nitrogens with one attached hydrogen (secondary N) is 1. The van der Waals surface area contributed by atoms with Gasteiger partial charge in [0.2, 0.25) is 0 Å². The zero-order chi connectivity index (χ0) is 16.7. The van der Waals surface area contributed by atoms with Crippen molar-refractivity contribution in [3.8, 4) is 0 Å². The van der Waals surface area contributed by atoms with E-state index in [0.717, 1.165) is 15.6 Å². The van der Waals surface area contributed by atoms with Gasteiger partial charge in [-0.3, -0.25) is 9.59 Å². The van der Waals surface area contributed by atoms with Crippen LogP contribution in [0.15, 0.2) is 53.0 Å². The lowest BCUT2D eigenvalue weighted by Crippen LogP contribution is -2.28. The summed E-state index contributed by atoms with van der Waals surface area (Å²) in [5, 5.41) is 3.31. The number of esters is 1. The molecule has 0 saturated heterocycles. The van der Waals surface area contributed by atoms with Crippen LogP contribution in [0.1, 0.15) is 11.1 Å². The molecule has 2 aromatic rings. The Kier molecular flexibility index (Phi) is 6.62. The van der Waals surface area contributed by atoms with Gasteiger partial charge < -0.3 is 10.1 Å². The number of hydrogen-bond donors (Lipinski definition) is 1. The van der Waals surface area contributed by atoms with Gasteiger partial charge in [-0.05, 0) is 29.3 Å². The van der Waals surface area contributed by atoms with Crippen molar-refractivity contribution in [2.45, 2.75) is 13.0 Å². The third kappa shape index (κ3) is 6.04. The summed E-state index contributed by atoms with van der Waals surface area (Å²) in [5.41, 5.74) is 1.74. The van der Waals surface area contributed by atoms with Gasteiger partial charge in [0.15, 0.2) is 6.61 Å². The Morgan fingerprint density at radius 2 is 1.78 bits per heavy atom. The molecule has 0 fully saturated rings. The lowest BCUT2D eigenvalue weighted by Gasteiger charge is -2.08. The summed E-state index contributed by atoms with van der Waals surface area (Å²) in [4.78, 5) is 23.4. The molecule has 120 valence electrons. The van der Waals surface area contributed by atoms with Crippen molar-refractivity contribution in [2.24, 2.45) is 0 Å². The van der Waals surface area contributed by atoms with Gasteiger partial charge in [-0.1, -0.05) is 57.9 Å². The fourth-order valence-electron chi connectivity index (χ4n) is 1.85. The maximum atomic E-state index is 11.7. The van der Waals surface area contributed by atoms with E-state index in [9.17, 15) is 9.59 Å². The predicted molar refractivity (Wildman–Crippen MR) is 92.1 cm³/mol. The second-order valence-corrected chi connectivity index (χ2v) is 6.12. The highest BCUT2D eigenvalue weighted by molar-refractivity contribution is 9.10. The third-order valence-corrected chi connectivity index (χ3v) is 4.09. The first-order valence-electron chi connectivity index (χ1n) is 6.95.